The van der Waals surface area contributed by atoms with Crippen LogP contribution in [-0.4, -0.2) is 25.0 Å². The van der Waals surface area contributed by atoms with Crippen molar-refractivity contribution < 1.29 is 14.3 Å². The van der Waals surface area contributed by atoms with Crippen LogP contribution in [0.1, 0.15) is 18.4 Å². The molecule has 0 bridgehead atoms. The van der Waals surface area contributed by atoms with Crippen molar-refractivity contribution in [1.29, 1.82) is 0 Å². The van der Waals surface area contributed by atoms with E-state index < -0.39 is 0 Å². The molecule has 26 heavy (non-hydrogen) atoms. The fraction of sp³-hybridized carbons (Fsp3) is 0.300. The van der Waals surface area contributed by atoms with Gasteiger partial charge in [-0.25, -0.2) is 0 Å². The molecule has 2 aliphatic rings. The Balaban J connectivity index is 1.46. The number of nitrogens with zero attached hydrogens (tertiary/aromatic N) is 1. The lowest BCUT2D eigenvalue weighted by Gasteiger charge is -2.25. The largest absolute Gasteiger partial charge is 0.492 e. The molecule has 2 aromatic carbocycles. The van der Waals surface area contributed by atoms with Crippen molar-refractivity contribution in [3.05, 3.63) is 53.1 Å². The summed E-state index contributed by atoms with van der Waals surface area (Å²) in [5.41, 5.74) is 2.45. The number of ether oxygens (including phenoxy) is 1. The number of anilines is 2. The van der Waals surface area contributed by atoms with E-state index >= 15 is 0 Å². The second-order valence-electron chi connectivity index (χ2n) is 6.65. The predicted octanol–water partition coefficient (Wildman–Crippen LogP) is 3.66. The summed E-state index contributed by atoms with van der Waals surface area (Å²) in [7, 11) is 0. The van der Waals surface area contributed by atoms with E-state index in [2.05, 4.69) is 5.32 Å². The molecule has 0 aromatic heterocycles. The van der Waals surface area contributed by atoms with Gasteiger partial charge in [0, 0.05) is 29.4 Å². The zero-order chi connectivity index (χ0) is 18.1. The fourth-order valence-electron chi connectivity index (χ4n) is 3.45. The highest BCUT2D eigenvalue weighted by Crippen LogP contribution is 2.31. The highest BCUT2D eigenvalue weighted by atomic mass is 35.5. The summed E-state index contributed by atoms with van der Waals surface area (Å²) in [6, 6.07) is 12.9. The summed E-state index contributed by atoms with van der Waals surface area (Å²) in [6.45, 7) is 1.06. The zero-order valence-electron chi connectivity index (χ0n) is 14.2. The topological polar surface area (TPSA) is 58.6 Å². The summed E-state index contributed by atoms with van der Waals surface area (Å²) in [5.74, 6) is 0.536. The second-order valence-corrected chi connectivity index (χ2v) is 7.09. The molecule has 1 atom stereocenters. The molecule has 0 saturated carbocycles. The molecule has 2 amide bonds. The average molecular weight is 371 g/mol. The van der Waals surface area contributed by atoms with Crippen LogP contribution < -0.4 is 15.0 Å². The number of carbonyl (C=O) groups is 2. The summed E-state index contributed by atoms with van der Waals surface area (Å²) in [4.78, 5) is 26.3. The molecule has 2 heterocycles. The van der Waals surface area contributed by atoms with E-state index in [-0.39, 0.29) is 17.7 Å². The highest BCUT2D eigenvalue weighted by molar-refractivity contribution is 6.30. The summed E-state index contributed by atoms with van der Waals surface area (Å²) in [5, 5.41) is 3.58. The molecule has 5 nitrogen and oxygen atoms in total. The van der Waals surface area contributed by atoms with Gasteiger partial charge in [-0.3, -0.25) is 9.59 Å². The third kappa shape index (κ3) is 3.40. The van der Waals surface area contributed by atoms with E-state index in [1.807, 2.05) is 36.4 Å². The first-order chi connectivity index (χ1) is 12.6. The van der Waals surface area contributed by atoms with Crippen molar-refractivity contribution in [3.63, 3.8) is 0 Å². The Morgan fingerprint density at radius 1 is 1.23 bits per heavy atom. The van der Waals surface area contributed by atoms with Gasteiger partial charge in [0.15, 0.2) is 0 Å². The Bertz CT molecular complexity index is 868. The van der Waals surface area contributed by atoms with Crippen LogP contribution in [0.5, 0.6) is 5.75 Å². The maximum Gasteiger partial charge on any atom is 0.231 e. The van der Waals surface area contributed by atoms with E-state index in [9.17, 15) is 9.59 Å². The Morgan fingerprint density at radius 2 is 2.12 bits per heavy atom. The number of carbonyl (C=O) groups excluding carboxylic acids is 2. The first kappa shape index (κ1) is 16.9. The van der Waals surface area contributed by atoms with Crippen LogP contribution in [-0.2, 0) is 16.0 Å². The quantitative estimate of drug-likeness (QED) is 0.897. The van der Waals surface area contributed by atoms with Crippen LogP contribution in [0.25, 0.3) is 0 Å². The van der Waals surface area contributed by atoms with Gasteiger partial charge in [0.2, 0.25) is 11.8 Å². The van der Waals surface area contributed by atoms with Crippen molar-refractivity contribution in [3.8, 4) is 5.75 Å². The number of hydrogen-bond acceptors (Lipinski definition) is 3. The highest BCUT2D eigenvalue weighted by Gasteiger charge is 2.27. The van der Waals surface area contributed by atoms with E-state index in [1.54, 1.807) is 11.0 Å². The number of nitrogens with one attached hydrogen (secondary N) is 1. The third-order valence-electron chi connectivity index (χ3n) is 4.80. The lowest BCUT2D eigenvalue weighted by atomic mass is 9.96. The smallest absolute Gasteiger partial charge is 0.231 e. The molecule has 0 radical (unpaired) electrons. The summed E-state index contributed by atoms with van der Waals surface area (Å²) < 4.78 is 5.70. The van der Waals surface area contributed by atoms with Crippen LogP contribution in [0, 0.1) is 5.92 Å². The van der Waals surface area contributed by atoms with Gasteiger partial charge in [0.25, 0.3) is 0 Å². The first-order valence-corrected chi connectivity index (χ1v) is 9.10. The molecule has 0 aliphatic carbocycles. The number of fused-ring (bicyclic) bond motifs is 1. The van der Waals surface area contributed by atoms with Gasteiger partial charge in [0.1, 0.15) is 12.4 Å². The summed E-state index contributed by atoms with van der Waals surface area (Å²) in [6.07, 6.45) is 2.04. The third-order valence-corrected chi connectivity index (χ3v) is 5.03. The van der Waals surface area contributed by atoms with E-state index in [1.165, 1.54) is 0 Å². The standard InChI is InChI=1S/C20H19ClN2O3/c21-15-6-7-18-13(10-15)9-14(12-26-18)20(25)22-16-3-1-4-17(11-16)23-8-2-5-19(23)24/h1,3-4,6-7,10-11,14H,2,5,8-9,12H2,(H,22,25). The first-order valence-electron chi connectivity index (χ1n) is 8.73. The number of amides is 2. The monoisotopic (exact) mass is 370 g/mol. The minimum atomic E-state index is -0.280. The number of benzene rings is 2. The minimum Gasteiger partial charge on any atom is -0.492 e. The fourth-order valence-corrected chi connectivity index (χ4v) is 3.64. The molecule has 2 aliphatic heterocycles. The molecule has 2 aromatic rings. The zero-order valence-corrected chi connectivity index (χ0v) is 15.0. The molecule has 1 N–H and O–H groups in total. The molecular weight excluding hydrogens is 352 g/mol. The molecule has 6 heteroatoms. The summed E-state index contributed by atoms with van der Waals surface area (Å²) >= 11 is 6.04. The molecule has 1 saturated heterocycles. The molecule has 1 unspecified atom stereocenters. The Kier molecular flexibility index (Phi) is 4.55. The van der Waals surface area contributed by atoms with E-state index in [0.717, 1.165) is 30.0 Å². The maximum absolute atomic E-state index is 12.7. The molecule has 134 valence electrons. The number of halogens is 1. The predicted molar refractivity (Wildman–Crippen MR) is 101 cm³/mol. The molecule has 4 rings (SSSR count). The van der Waals surface area contributed by atoms with Gasteiger partial charge in [-0.05, 0) is 54.8 Å². The Hall–Kier alpha value is -2.53. The van der Waals surface area contributed by atoms with Crippen LogP contribution in [0.2, 0.25) is 5.02 Å². The van der Waals surface area contributed by atoms with Crippen LogP contribution >= 0.6 is 11.6 Å². The lowest BCUT2D eigenvalue weighted by molar-refractivity contribution is -0.121. The van der Waals surface area contributed by atoms with Gasteiger partial charge < -0.3 is 15.0 Å². The normalized spacial score (nSPS) is 19.0. The minimum absolute atomic E-state index is 0.0967. The van der Waals surface area contributed by atoms with Crippen LogP contribution in [0.4, 0.5) is 11.4 Å². The number of rotatable bonds is 3. The van der Waals surface area contributed by atoms with E-state index in [4.69, 9.17) is 16.3 Å². The van der Waals surface area contributed by atoms with Crippen LogP contribution in [0.3, 0.4) is 0 Å². The van der Waals surface area contributed by atoms with Crippen molar-refractivity contribution in [1.82, 2.24) is 0 Å². The molecule has 0 spiro atoms. The molecule has 1 fully saturated rings. The second kappa shape index (κ2) is 7.00. The van der Waals surface area contributed by atoms with Gasteiger partial charge in [-0.1, -0.05) is 17.7 Å². The van der Waals surface area contributed by atoms with Crippen molar-refractivity contribution in [2.45, 2.75) is 19.3 Å². The van der Waals surface area contributed by atoms with Gasteiger partial charge >= 0.3 is 0 Å². The average Bonchev–Trinajstić information content (AvgIpc) is 3.07. The maximum atomic E-state index is 12.7. The van der Waals surface area contributed by atoms with Crippen molar-refractivity contribution >= 4 is 34.8 Å². The van der Waals surface area contributed by atoms with Gasteiger partial charge in [0.05, 0.1) is 5.92 Å². The SMILES string of the molecule is O=C(Nc1cccc(N2CCCC2=O)c1)C1COc2ccc(Cl)cc2C1. The van der Waals surface area contributed by atoms with Crippen molar-refractivity contribution in [2.24, 2.45) is 5.92 Å². The van der Waals surface area contributed by atoms with Crippen molar-refractivity contribution in [2.75, 3.05) is 23.4 Å². The molecular formula is C20H19ClN2O3. The Morgan fingerprint density at radius 3 is 2.92 bits per heavy atom. The van der Waals surface area contributed by atoms with Crippen LogP contribution in [0.15, 0.2) is 42.5 Å². The van der Waals surface area contributed by atoms with E-state index in [0.29, 0.717) is 30.2 Å². The van der Waals surface area contributed by atoms with Gasteiger partial charge in [-0.15, -0.1) is 0 Å². The Labute approximate surface area is 156 Å². The number of hydrogen-bond donors (Lipinski definition) is 1. The van der Waals surface area contributed by atoms with Gasteiger partial charge in [-0.2, -0.15) is 0 Å². The lowest BCUT2D eigenvalue weighted by Crippen LogP contribution is -2.32.